The second-order valence-corrected chi connectivity index (χ2v) is 6.80. The zero-order valence-electron chi connectivity index (χ0n) is 15.3. The summed E-state index contributed by atoms with van der Waals surface area (Å²) in [6, 6.07) is 22.4. The van der Waals surface area contributed by atoms with E-state index >= 15 is 0 Å². The first-order valence-electron chi connectivity index (χ1n) is 8.64. The highest BCUT2D eigenvalue weighted by Crippen LogP contribution is 2.24. The highest BCUT2D eigenvalue weighted by atomic mass is 79.9. The third-order valence-corrected chi connectivity index (χ3v) is 4.37. The fraction of sp³-hybridized carbons (Fsp3) is 0.0870. The summed E-state index contributed by atoms with van der Waals surface area (Å²) in [4.78, 5) is 12.1. The van der Waals surface area contributed by atoms with Crippen LogP contribution < -0.4 is 14.2 Å². The van der Waals surface area contributed by atoms with E-state index in [2.05, 4.69) is 15.9 Å². The Balaban J connectivity index is 1.56. The van der Waals surface area contributed by atoms with E-state index in [9.17, 15) is 4.79 Å². The van der Waals surface area contributed by atoms with Crippen molar-refractivity contribution in [3.05, 3.63) is 94.5 Å². The van der Waals surface area contributed by atoms with Crippen LogP contribution in [0.5, 0.6) is 17.2 Å². The molecule has 0 aliphatic rings. The minimum atomic E-state index is -0.472. The molecule has 0 saturated heterocycles. The van der Waals surface area contributed by atoms with Gasteiger partial charge in [0.25, 0.3) is 0 Å². The Labute approximate surface area is 172 Å². The van der Waals surface area contributed by atoms with E-state index in [1.807, 2.05) is 48.5 Å². The molecule has 0 aliphatic carbocycles. The van der Waals surface area contributed by atoms with Gasteiger partial charge in [-0.15, -0.1) is 0 Å². The quantitative estimate of drug-likeness (QED) is 0.271. The van der Waals surface area contributed by atoms with E-state index in [1.54, 1.807) is 37.5 Å². The van der Waals surface area contributed by atoms with Crippen molar-refractivity contribution in [2.75, 3.05) is 7.11 Å². The Bertz CT molecular complexity index is 950. The zero-order chi connectivity index (χ0) is 19.8. The predicted octanol–water partition coefficient (Wildman–Crippen LogP) is 5.66. The fourth-order valence-corrected chi connectivity index (χ4v) is 2.87. The molecule has 0 atom stereocenters. The molecule has 3 aromatic rings. The van der Waals surface area contributed by atoms with Crippen molar-refractivity contribution >= 4 is 28.0 Å². The first-order chi connectivity index (χ1) is 13.6. The maximum Gasteiger partial charge on any atom is 0.336 e. The summed E-state index contributed by atoms with van der Waals surface area (Å²) in [5, 5.41) is 0. The largest absolute Gasteiger partial charge is 0.496 e. The summed E-state index contributed by atoms with van der Waals surface area (Å²) in [5.74, 6) is 1.35. The van der Waals surface area contributed by atoms with E-state index in [0.717, 1.165) is 15.6 Å². The fourth-order valence-electron chi connectivity index (χ4n) is 2.49. The van der Waals surface area contributed by atoms with Crippen LogP contribution in [0.15, 0.2) is 83.3 Å². The van der Waals surface area contributed by atoms with Crippen molar-refractivity contribution in [1.29, 1.82) is 0 Å². The van der Waals surface area contributed by atoms with E-state index in [-0.39, 0.29) is 0 Å². The summed E-state index contributed by atoms with van der Waals surface area (Å²) in [5.41, 5.74) is 1.87. The van der Waals surface area contributed by atoms with E-state index in [4.69, 9.17) is 14.2 Å². The molecule has 142 valence electrons. The number of halogens is 1. The maximum absolute atomic E-state index is 12.1. The summed E-state index contributed by atoms with van der Waals surface area (Å²) in [7, 11) is 1.58. The van der Waals surface area contributed by atoms with Gasteiger partial charge in [0.15, 0.2) is 0 Å². The lowest BCUT2D eigenvalue weighted by atomic mass is 10.2. The lowest BCUT2D eigenvalue weighted by Gasteiger charge is -2.07. The van der Waals surface area contributed by atoms with Gasteiger partial charge in [-0.25, -0.2) is 4.79 Å². The summed E-state index contributed by atoms with van der Waals surface area (Å²) in [6.45, 7) is 0.483. The van der Waals surface area contributed by atoms with Crippen molar-refractivity contribution in [1.82, 2.24) is 0 Å². The van der Waals surface area contributed by atoms with Crippen LogP contribution in [0.25, 0.3) is 6.08 Å². The summed E-state index contributed by atoms with van der Waals surface area (Å²) in [6.07, 6.45) is 3.02. The first-order valence-corrected chi connectivity index (χ1v) is 9.43. The normalized spacial score (nSPS) is 10.6. The monoisotopic (exact) mass is 438 g/mol. The molecule has 28 heavy (non-hydrogen) atoms. The van der Waals surface area contributed by atoms with Gasteiger partial charge in [-0.2, -0.15) is 0 Å². The van der Waals surface area contributed by atoms with Gasteiger partial charge >= 0.3 is 5.97 Å². The molecule has 0 fully saturated rings. The predicted molar refractivity (Wildman–Crippen MR) is 113 cm³/mol. The molecule has 0 aliphatic heterocycles. The van der Waals surface area contributed by atoms with Gasteiger partial charge in [0, 0.05) is 16.1 Å². The number of carbonyl (C=O) groups is 1. The Hall–Kier alpha value is -3.05. The molecule has 0 bridgehead atoms. The Morgan fingerprint density at radius 2 is 1.68 bits per heavy atom. The second kappa shape index (κ2) is 9.76. The Morgan fingerprint density at radius 3 is 2.39 bits per heavy atom. The number of ether oxygens (including phenoxy) is 3. The van der Waals surface area contributed by atoms with E-state index in [1.165, 1.54) is 6.08 Å². The van der Waals surface area contributed by atoms with Gasteiger partial charge in [-0.05, 0) is 54.1 Å². The highest BCUT2D eigenvalue weighted by molar-refractivity contribution is 9.10. The standard InChI is InChI=1S/C23H19BrO4/c1-26-22-13-8-19(24)15-18(22)7-14-23(25)28-21-11-9-20(10-12-21)27-16-17-5-3-2-4-6-17/h2-15H,16H2,1H3/b14-7+. The van der Waals surface area contributed by atoms with E-state index in [0.29, 0.717) is 23.9 Å². The smallest absolute Gasteiger partial charge is 0.336 e. The van der Waals surface area contributed by atoms with Crippen molar-refractivity contribution in [3.8, 4) is 17.2 Å². The molecule has 3 rings (SSSR count). The SMILES string of the molecule is COc1ccc(Br)cc1/C=C/C(=O)Oc1ccc(OCc2ccccc2)cc1. The van der Waals surface area contributed by atoms with Gasteiger partial charge < -0.3 is 14.2 Å². The van der Waals surface area contributed by atoms with Gasteiger partial charge in [0.1, 0.15) is 23.9 Å². The average molecular weight is 439 g/mol. The van der Waals surface area contributed by atoms with Crippen LogP contribution in [0.4, 0.5) is 0 Å². The van der Waals surface area contributed by atoms with Crippen LogP contribution >= 0.6 is 15.9 Å². The molecule has 0 unspecified atom stereocenters. The third-order valence-electron chi connectivity index (χ3n) is 3.88. The summed E-state index contributed by atoms with van der Waals surface area (Å²) < 4.78 is 17.2. The number of benzene rings is 3. The van der Waals surface area contributed by atoms with Gasteiger partial charge in [0.2, 0.25) is 0 Å². The number of rotatable bonds is 7. The summed E-state index contributed by atoms with van der Waals surface area (Å²) >= 11 is 3.40. The Morgan fingerprint density at radius 1 is 0.964 bits per heavy atom. The van der Waals surface area contributed by atoms with E-state index < -0.39 is 5.97 Å². The minimum absolute atomic E-state index is 0.447. The van der Waals surface area contributed by atoms with Gasteiger partial charge in [0.05, 0.1) is 7.11 Å². The molecule has 0 saturated carbocycles. The van der Waals surface area contributed by atoms with Gasteiger partial charge in [-0.1, -0.05) is 46.3 Å². The molecule has 0 N–H and O–H groups in total. The molecular weight excluding hydrogens is 420 g/mol. The maximum atomic E-state index is 12.1. The molecule has 5 heteroatoms. The number of carbonyl (C=O) groups excluding carboxylic acids is 1. The van der Waals surface area contributed by atoms with Crippen molar-refractivity contribution < 1.29 is 19.0 Å². The third kappa shape index (κ3) is 5.72. The average Bonchev–Trinajstić information content (AvgIpc) is 2.72. The topological polar surface area (TPSA) is 44.8 Å². The van der Waals surface area contributed by atoms with Crippen LogP contribution in [-0.2, 0) is 11.4 Å². The first kappa shape index (κ1) is 19.7. The van der Waals surface area contributed by atoms with Crippen molar-refractivity contribution in [3.63, 3.8) is 0 Å². The van der Waals surface area contributed by atoms with Crippen LogP contribution in [-0.4, -0.2) is 13.1 Å². The molecule has 3 aromatic carbocycles. The molecule has 0 aromatic heterocycles. The lowest BCUT2D eigenvalue weighted by molar-refractivity contribution is -0.128. The number of hydrogen-bond acceptors (Lipinski definition) is 4. The van der Waals surface area contributed by atoms with Crippen LogP contribution in [0.2, 0.25) is 0 Å². The second-order valence-electron chi connectivity index (χ2n) is 5.89. The number of hydrogen-bond donors (Lipinski definition) is 0. The molecule has 0 amide bonds. The van der Waals surface area contributed by atoms with Crippen LogP contribution in [0.1, 0.15) is 11.1 Å². The van der Waals surface area contributed by atoms with Crippen molar-refractivity contribution in [2.24, 2.45) is 0 Å². The molecule has 0 spiro atoms. The molecule has 0 heterocycles. The molecular formula is C23H19BrO4. The van der Waals surface area contributed by atoms with Crippen molar-refractivity contribution in [2.45, 2.75) is 6.61 Å². The zero-order valence-corrected chi connectivity index (χ0v) is 16.9. The molecule has 0 radical (unpaired) electrons. The Kier molecular flexibility index (Phi) is 6.87. The molecule has 4 nitrogen and oxygen atoms in total. The lowest BCUT2D eigenvalue weighted by Crippen LogP contribution is -2.03. The highest BCUT2D eigenvalue weighted by Gasteiger charge is 2.04. The van der Waals surface area contributed by atoms with Gasteiger partial charge in [-0.3, -0.25) is 0 Å². The minimum Gasteiger partial charge on any atom is -0.496 e. The van der Waals surface area contributed by atoms with Crippen LogP contribution in [0, 0.1) is 0 Å². The number of esters is 1. The van der Waals surface area contributed by atoms with Crippen LogP contribution in [0.3, 0.4) is 0 Å². The number of methoxy groups -OCH3 is 1.